The number of pyridine rings is 1. The number of carbonyl (C=O) groups excluding carboxylic acids is 1. The molecule has 2 atom stereocenters. The van der Waals surface area contributed by atoms with E-state index in [1.807, 2.05) is 6.07 Å². The molecule has 2 aromatic carbocycles. The van der Waals surface area contributed by atoms with Crippen molar-refractivity contribution in [3.8, 4) is 5.75 Å². The van der Waals surface area contributed by atoms with Gasteiger partial charge in [-0.05, 0) is 30.9 Å². The second-order valence-electron chi connectivity index (χ2n) is 9.45. The predicted molar refractivity (Wildman–Crippen MR) is 133 cm³/mol. The van der Waals surface area contributed by atoms with E-state index in [0.717, 1.165) is 24.5 Å². The Morgan fingerprint density at radius 1 is 1.22 bits per heavy atom. The van der Waals surface area contributed by atoms with Gasteiger partial charge in [-0.3, -0.25) is 4.79 Å². The first kappa shape index (κ1) is 27.0. The molecule has 37 heavy (non-hydrogen) atoms. The van der Waals surface area contributed by atoms with Gasteiger partial charge in [0.2, 0.25) is 11.2 Å². The third-order valence-corrected chi connectivity index (χ3v) is 6.61. The van der Waals surface area contributed by atoms with Crippen LogP contribution in [0, 0.1) is 11.6 Å². The molecule has 1 saturated heterocycles. The molecule has 0 unspecified atom stereocenters. The number of carbonyl (C=O) groups is 1. The number of β-amino-alcohol motifs (C(OH)–C–C–N with tert-alkyl or cyclic N) is 1. The summed E-state index contributed by atoms with van der Waals surface area (Å²) in [7, 11) is 0. The molecule has 0 radical (unpaired) electrons. The average Bonchev–Trinajstić information content (AvgIpc) is 3.66. The first-order valence-corrected chi connectivity index (χ1v) is 11.8. The number of rotatable bonds is 8. The molecule has 198 valence electrons. The van der Waals surface area contributed by atoms with Gasteiger partial charge in [0, 0.05) is 24.8 Å². The van der Waals surface area contributed by atoms with E-state index in [1.165, 1.54) is 6.20 Å². The summed E-state index contributed by atoms with van der Waals surface area (Å²) in [5.41, 5.74) is -1.56. The summed E-state index contributed by atoms with van der Waals surface area (Å²) in [5, 5.41) is 22.3. The number of esters is 1. The lowest BCUT2D eigenvalue weighted by Gasteiger charge is -2.20. The number of fused-ring (bicyclic) bond motifs is 1. The van der Waals surface area contributed by atoms with Gasteiger partial charge in [-0.15, -0.1) is 12.4 Å². The van der Waals surface area contributed by atoms with Crippen molar-refractivity contribution in [2.45, 2.75) is 43.6 Å². The van der Waals surface area contributed by atoms with Crippen LogP contribution in [0.15, 0.2) is 47.4 Å². The van der Waals surface area contributed by atoms with Crippen molar-refractivity contribution < 1.29 is 33.3 Å². The maximum absolute atomic E-state index is 15.0. The highest BCUT2D eigenvalue weighted by molar-refractivity contribution is 5.95. The number of aliphatic hydroxyl groups excluding tert-OH is 1. The predicted octanol–water partition coefficient (Wildman–Crippen LogP) is 2.86. The lowest BCUT2D eigenvalue weighted by Crippen LogP contribution is -2.35. The van der Waals surface area contributed by atoms with Crippen LogP contribution in [0.1, 0.15) is 41.2 Å². The van der Waals surface area contributed by atoms with Crippen molar-refractivity contribution in [2.75, 3.05) is 19.8 Å². The van der Waals surface area contributed by atoms with E-state index >= 15 is 0 Å². The summed E-state index contributed by atoms with van der Waals surface area (Å²) in [5.74, 6) is -3.81. The van der Waals surface area contributed by atoms with E-state index < -0.39 is 47.0 Å². The maximum Gasteiger partial charge on any atom is 0.343 e. The van der Waals surface area contributed by atoms with E-state index in [1.54, 1.807) is 28.8 Å². The number of nitrogens with one attached hydrogen (secondary N) is 1. The summed E-state index contributed by atoms with van der Waals surface area (Å²) >= 11 is 0. The number of ether oxygens (including phenoxy) is 2. The number of nitrogens with zero attached hydrogens (tertiary/aromatic N) is 1. The van der Waals surface area contributed by atoms with Gasteiger partial charge in [-0.25, -0.2) is 9.18 Å². The second kappa shape index (κ2) is 10.7. The van der Waals surface area contributed by atoms with Crippen molar-refractivity contribution >= 4 is 29.3 Å². The Morgan fingerprint density at radius 2 is 1.95 bits per heavy atom. The Hall–Kier alpha value is -3.05. The van der Waals surface area contributed by atoms with Crippen LogP contribution in [0.5, 0.6) is 5.75 Å². The fourth-order valence-corrected chi connectivity index (χ4v) is 4.51. The minimum atomic E-state index is -1.32. The third kappa shape index (κ3) is 5.47. The van der Waals surface area contributed by atoms with Gasteiger partial charge in [0.15, 0.2) is 11.6 Å². The SMILES string of the molecule is Cl.O=C(OCc1ccccc1)c1cn(C2CC2)c2c(OC[C@H]3C[C@@](O)(CO)CN3)c(F)c(F)cc2c1=O. The Labute approximate surface area is 217 Å². The lowest BCUT2D eigenvalue weighted by molar-refractivity contribution is 0.000243. The first-order chi connectivity index (χ1) is 17.3. The highest BCUT2D eigenvalue weighted by Crippen LogP contribution is 2.40. The molecule has 1 saturated carbocycles. The van der Waals surface area contributed by atoms with Crippen LogP contribution < -0.4 is 15.5 Å². The summed E-state index contributed by atoms with van der Waals surface area (Å²) in [6.07, 6.45) is 2.97. The average molecular weight is 537 g/mol. The lowest BCUT2D eigenvalue weighted by atomic mass is 10.0. The Bertz CT molecular complexity index is 1360. The van der Waals surface area contributed by atoms with Crippen LogP contribution in [-0.2, 0) is 11.3 Å². The molecule has 2 heterocycles. The molecule has 3 N–H and O–H groups in total. The Kier molecular flexibility index (Phi) is 7.84. The second-order valence-corrected chi connectivity index (χ2v) is 9.45. The normalized spacial score (nSPS) is 21.0. The van der Waals surface area contributed by atoms with E-state index in [9.17, 15) is 28.6 Å². The van der Waals surface area contributed by atoms with Crippen molar-refractivity contribution in [2.24, 2.45) is 0 Å². The van der Waals surface area contributed by atoms with E-state index in [-0.39, 0.29) is 61.1 Å². The quantitative estimate of drug-likeness (QED) is 0.380. The minimum Gasteiger partial charge on any atom is -0.487 e. The fraction of sp³-hybridized carbons (Fsp3) is 0.385. The molecule has 0 bridgehead atoms. The summed E-state index contributed by atoms with van der Waals surface area (Å²) in [4.78, 5) is 26.1. The van der Waals surface area contributed by atoms with E-state index in [2.05, 4.69) is 5.32 Å². The van der Waals surface area contributed by atoms with Gasteiger partial charge in [0.25, 0.3) is 0 Å². The van der Waals surface area contributed by atoms with Crippen LogP contribution in [0.25, 0.3) is 10.9 Å². The molecule has 1 aliphatic heterocycles. The Morgan fingerprint density at radius 3 is 2.59 bits per heavy atom. The molecule has 8 nitrogen and oxygen atoms in total. The van der Waals surface area contributed by atoms with Crippen LogP contribution in [-0.4, -0.2) is 52.2 Å². The van der Waals surface area contributed by atoms with Crippen LogP contribution in [0.4, 0.5) is 8.78 Å². The topological polar surface area (TPSA) is 110 Å². The Balaban J connectivity index is 0.00000320. The zero-order valence-electron chi connectivity index (χ0n) is 19.8. The summed E-state index contributed by atoms with van der Waals surface area (Å²) < 4.78 is 42.2. The van der Waals surface area contributed by atoms with Gasteiger partial charge in [-0.2, -0.15) is 4.39 Å². The third-order valence-electron chi connectivity index (χ3n) is 6.61. The molecule has 2 fully saturated rings. The first-order valence-electron chi connectivity index (χ1n) is 11.8. The molecular weight excluding hydrogens is 510 g/mol. The molecular formula is C26H27ClF2N2O6. The summed E-state index contributed by atoms with van der Waals surface area (Å²) in [6, 6.07) is 9.22. The van der Waals surface area contributed by atoms with Gasteiger partial charge in [-0.1, -0.05) is 30.3 Å². The standard InChI is InChI=1S/C26H26F2N2O6.ClH/c27-20-8-18-22(24(21(20)28)35-12-16-9-26(34,14-31)13-29-16)30(17-6-7-17)10-19(23(18)32)25(33)36-11-15-4-2-1-3-5-15;/h1-5,8,10,16-17,29,31,34H,6-7,9,11-14H2;1H/t16-,26+;/m1./s1. The molecule has 11 heteroatoms. The van der Waals surface area contributed by atoms with Crippen LogP contribution >= 0.6 is 12.4 Å². The largest absolute Gasteiger partial charge is 0.487 e. The van der Waals surface area contributed by atoms with Crippen LogP contribution in [0.3, 0.4) is 0 Å². The highest BCUT2D eigenvalue weighted by Gasteiger charge is 2.37. The molecule has 2 aliphatic rings. The number of benzene rings is 2. The number of aliphatic hydroxyl groups is 2. The highest BCUT2D eigenvalue weighted by atomic mass is 35.5. The summed E-state index contributed by atoms with van der Waals surface area (Å²) in [6.45, 7) is -0.484. The number of hydrogen-bond donors (Lipinski definition) is 3. The smallest absolute Gasteiger partial charge is 0.343 e. The molecule has 0 amide bonds. The molecule has 3 aromatic rings. The van der Waals surface area contributed by atoms with Gasteiger partial charge >= 0.3 is 5.97 Å². The van der Waals surface area contributed by atoms with Crippen molar-refractivity contribution in [1.29, 1.82) is 0 Å². The van der Waals surface area contributed by atoms with Crippen LogP contribution in [0.2, 0.25) is 0 Å². The zero-order valence-corrected chi connectivity index (χ0v) is 20.6. The number of aromatic nitrogens is 1. The van der Waals surface area contributed by atoms with Gasteiger partial charge in [0.1, 0.15) is 24.4 Å². The van der Waals surface area contributed by atoms with Gasteiger partial charge < -0.3 is 29.6 Å². The fourth-order valence-electron chi connectivity index (χ4n) is 4.51. The molecule has 1 aliphatic carbocycles. The molecule has 5 rings (SSSR count). The van der Waals surface area contributed by atoms with E-state index in [4.69, 9.17) is 9.47 Å². The monoisotopic (exact) mass is 536 g/mol. The number of halogens is 3. The zero-order chi connectivity index (χ0) is 25.4. The maximum atomic E-state index is 15.0. The number of hydrogen-bond acceptors (Lipinski definition) is 7. The van der Waals surface area contributed by atoms with Crippen molar-refractivity contribution in [3.05, 3.63) is 75.6 Å². The van der Waals surface area contributed by atoms with Crippen molar-refractivity contribution in [3.63, 3.8) is 0 Å². The molecule has 1 aromatic heterocycles. The minimum absolute atomic E-state index is 0. The van der Waals surface area contributed by atoms with Crippen molar-refractivity contribution in [1.82, 2.24) is 9.88 Å². The molecule has 0 spiro atoms. The van der Waals surface area contributed by atoms with Gasteiger partial charge in [0.05, 0.1) is 17.5 Å². The van der Waals surface area contributed by atoms with E-state index in [0.29, 0.717) is 0 Å².